The summed E-state index contributed by atoms with van der Waals surface area (Å²) in [6, 6.07) is 13.4. The average Bonchev–Trinajstić information content (AvgIpc) is 3.25. The van der Waals surface area contributed by atoms with E-state index in [-0.39, 0.29) is 36.4 Å². The number of hydrogen-bond donors (Lipinski definition) is 2. The average molecular weight is 486 g/mol. The van der Waals surface area contributed by atoms with Crippen molar-refractivity contribution in [3.63, 3.8) is 0 Å². The number of hydrogen-bond acceptors (Lipinski definition) is 7. The molecule has 0 fully saturated rings. The molecule has 3 N–H and O–H groups in total. The molecule has 0 amide bonds. The summed E-state index contributed by atoms with van der Waals surface area (Å²) >= 11 is 0. The molecule has 0 unspecified atom stereocenters. The molecular formula is C25H25F3N4O3. The molecule has 0 spiro atoms. The van der Waals surface area contributed by atoms with Gasteiger partial charge in [-0.15, -0.1) is 0 Å². The number of nitrogens with two attached hydrogens (primary N) is 1. The molecule has 1 atom stereocenters. The molecule has 0 saturated heterocycles. The Labute approximate surface area is 200 Å². The summed E-state index contributed by atoms with van der Waals surface area (Å²) in [5, 5.41) is 0.403. The Morgan fingerprint density at radius 2 is 1.80 bits per heavy atom. The number of ether oxygens (including phenoxy) is 1. The topological polar surface area (TPSA) is 95.4 Å². The first-order valence-electron chi connectivity index (χ1n) is 10.9. The molecule has 0 aliphatic carbocycles. The highest BCUT2D eigenvalue weighted by Crippen LogP contribution is 2.37. The summed E-state index contributed by atoms with van der Waals surface area (Å²) in [5.41, 5.74) is 11.0. The zero-order valence-electron chi connectivity index (χ0n) is 19.4. The number of nitrogens with zero attached hydrogens (tertiary/aromatic N) is 2. The van der Waals surface area contributed by atoms with Crippen molar-refractivity contribution in [1.29, 1.82) is 0 Å². The summed E-state index contributed by atoms with van der Waals surface area (Å²) in [6.45, 7) is 4.14. The number of fused-ring (bicyclic) bond motifs is 1. The van der Waals surface area contributed by atoms with E-state index >= 15 is 0 Å². The predicted octanol–water partition coefficient (Wildman–Crippen LogP) is 5.47. The lowest BCUT2D eigenvalue weighted by Gasteiger charge is -2.14. The van der Waals surface area contributed by atoms with E-state index in [9.17, 15) is 13.2 Å². The third-order valence-electron chi connectivity index (χ3n) is 5.57. The summed E-state index contributed by atoms with van der Waals surface area (Å²) in [6.07, 6.45) is -4.59. The molecule has 2 aromatic carbocycles. The molecule has 4 rings (SSSR count). The number of aromatic nitrogens is 2. The first-order chi connectivity index (χ1) is 16.7. The van der Waals surface area contributed by atoms with Crippen LogP contribution in [0.2, 0.25) is 0 Å². The van der Waals surface area contributed by atoms with Gasteiger partial charge in [-0.1, -0.05) is 29.8 Å². The predicted molar refractivity (Wildman–Crippen MR) is 124 cm³/mol. The number of methoxy groups -OCH3 is 1. The Kier molecular flexibility index (Phi) is 7.06. The minimum Gasteiger partial charge on any atom is -0.494 e. The van der Waals surface area contributed by atoms with Crippen molar-refractivity contribution in [2.24, 2.45) is 5.73 Å². The molecule has 0 saturated carbocycles. The third kappa shape index (κ3) is 5.29. The highest BCUT2D eigenvalue weighted by atomic mass is 19.4. The van der Waals surface area contributed by atoms with Crippen molar-refractivity contribution >= 4 is 10.9 Å². The van der Waals surface area contributed by atoms with Crippen LogP contribution in [0.25, 0.3) is 22.4 Å². The van der Waals surface area contributed by atoms with Crippen LogP contribution in [0.3, 0.4) is 0 Å². The number of aryl methyl sites for hydroxylation is 1. The maximum Gasteiger partial charge on any atom is 0.433 e. The molecule has 4 aromatic rings. The van der Waals surface area contributed by atoms with Gasteiger partial charge < -0.3 is 14.9 Å². The Balaban J connectivity index is 1.59. The van der Waals surface area contributed by atoms with E-state index in [0.29, 0.717) is 22.4 Å². The maximum absolute atomic E-state index is 13.2. The highest BCUT2D eigenvalue weighted by Gasteiger charge is 2.33. The van der Waals surface area contributed by atoms with Gasteiger partial charge in [-0.05, 0) is 43.7 Å². The minimum absolute atomic E-state index is 0.0544. The van der Waals surface area contributed by atoms with Crippen LogP contribution in [-0.2, 0) is 24.2 Å². The van der Waals surface area contributed by atoms with Crippen LogP contribution in [0.1, 0.15) is 41.2 Å². The van der Waals surface area contributed by atoms with E-state index in [0.717, 1.165) is 11.6 Å². The fourth-order valence-corrected chi connectivity index (χ4v) is 3.63. The number of alkyl halides is 3. The van der Waals surface area contributed by atoms with Gasteiger partial charge in [0, 0.05) is 10.9 Å². The smallest absolute Gasteiger partial charge is 0.433 e. The van der Waals surface area contributed by atoms with Crippen molar-refractivity contribution in [2.75, 3.05) is 7.11 Å². The van der Waals surface area contributed by atoms with E-state index in [4.69, 9.17) is 19.7 Å². The van der Waals surface area contributed by atoms with Crippen molar-refractivity contribution in [2.45, 2.75) is 39.2 Å². The normalized spacial score (nSPS) is 12.8. The Bertz CT molecular complexity index is 1320. The van der Waals surface area contributed by atoms with E-state index in [2.05, 4.69) is 15.4 Å². The highest BCUT2D eigenvalue weighted by molar-refractivity contribution is 5.96. The number of halogens is 3. The van der Waals surface area contributed by atoms with Crippen LogP contribution in [0.5, 0.6) is 5.75 Å². The van der Waals surface area contributed by atoms with Gasteiger partial charge in [-0.3, -0.25) is 4.84 Å². The largest absolute Gasteiger partial charge is 0.494 e. The summed E-state index contributed by atoms with van der Waals surface area (Å²) in [4.78, 5) is 13.9. The van der Waals surface area contributed by atoms with Crippen LogP contribution in [0, 0.1) is 6.92 Å². The number of oxazole rings is 1. The van der Waals surface area contributed by atoms with Gasteiger partial charge in [-0.2, -0.15) is 18.7 Å². The molecule has 0 aliphatic heterocycles. The second-order valence-corrected chi connectivity index (χ2v) is 8.04. The molecule has 7 nitrogen and oxygen atoms in total. The lowest BCUT2D eigenvalue weighted by Crippen LogP contribution is -2.19. The van der Waals surface area contributed by atoms with Crippen LogP contribution in [0.15, 0.2) is 52.9 Å². The van der Waals surface area contributed by atoms with E-state index < -0.39 is 11.9 Å². The van der Waals surface area contributed by atoms with Crippen LogP contribution in [0.4, 0.5) is 13.2 Å². The summed E-state index contributed by atoms with van der Waals surface area (Å²) in [7, 11) is 1.37. The first kappa shape index (κ1) is 24.6. The second kappa shape index (κ2) is 10.0. The van der Waals surface area contributed by atoms with Gasteiger partial charge in [-0.25, -0.2) is 9.97 Å². The Morgan fingerprint density at radius 1 is 1.06 bits per heavy atom. The number of hydroxylamine groups is 1. The van der Waals surface area contributed by atoms with Crippen molar-refractivity contribution in [1.82, 2.24) is 15.4 Å². The quantitative estimate of drug-likeness (QED) is 0.319. The minimum atomic E-state index is -4.59. The van der Waals surface area contributed by atoms with E-state index in [1.54, 1.807) is 6.07 Å². The molecule has 35 heavy (non-hydrogen) atoms. The van der Waals surface area contributed by atoms with Crippen molar-refractivity contribution in [3.05, 3.63) is 76.8 Å². The third-order valence-corrected chi connectivity index (χ3v) is 5.57. The molecule has 2 aromatic heterocycles. The molecule has 10 heteroatoms. The second-order valence-electron chi connectivity index (χ2n) is 8.04. The number of benzene rings is 2. The van der Waals surface area contributed by atoms with Crippen LogP contribution < -0.4 is 16.0 Å². The molecule has 2 heterocycles. The maximum atomic E-state index is 13.2. The Morgan fingerprint density at radius 3 is 2.46 bits per heavy atom. The molecule has 0 aliphatic rings. The lowest BCUT2D eigenvalue weighted by atomic mass is 10.1. The van der Waals surface area contributed by atoms with Crippen LogP contribution in [-0.4, -0.2) is 17.1 Å². The first-order valence-corrected chi connectivity index (χ1v) is 10.9. The molecule has 0 bridgehead atoms. The van der Waals surface area contributed by atoms with Gasteiger partial charge in [0.1, 0.15) is 35.0 Å². The molecular weight excluding hydrogens is 461 g/mol. The summed E-state index contributed by atoms with van der Waals surface area (Å²) in [5.74, 6) is 0.816. The number of rotatable bonds is 8. The number of pyridine rings is 1. The number of nitrogens with one attached hydrogen (secondary N) is 1. The molecule has 0 radical (unpaired) electrons. The van der Waals surface area contributed by atoms with Crippen LogP contribution >= 0.6 is 0 Å². The standard InChI is InChI=1S/C25H25F3N4O3/c1-14-4-6-16(7-5-14)15(2)32-34-13-19-21(12-29)35-24(30-19)18-8-10-20(33-3)23-17(18)9-11-22(31-23)25(26,27)28/h4-11,15,32H,12-13,29H2,1-3H3/t15-/m1/s1. The van der Waals surface area contributed by atoms with Crippen molar-refractivity contribution in [3.8, 4) is 17.2 Å². The molecule has 184 valence electrons. The van der Waals surface area contributed by atoms with E-state index in [1.165, 1.54) is 24.8 Å². The fourth-order valence-electron chi connectivity index (χ4n) is 3.63. The van der Waals surface area contributed by atoms with Crippen molar-refractivity contribution < 1.29 is 27.2 Å². The van der Waals surface area contributed by atoms with Gasteiger partial charge in [0.05, 0.1) is 19.7 Å². The summed E-state index contributed by atoms with van der Waals surface area (Å²) < 4.78 is 50.7. The Hall–Kier alpha value is -3.47. The zero-order chi connectivity index (χ0) is 25.2. The van der Waals surface area contributed by atoms with E-state index in [1.807, 2.05) is 38.1 Å². The van der Waals surface area contributed by atoms with Gasteiger partial charge in [0.25, 0.3) is 0 Å². The fraction of sp³-hybridized carbons (Fsp3) is 0.280. The monoisotopic (exact) mass is 486 g/mol. The lowest BCUT2D eigenvalue weighted by molar-refractivity contribution is -0.140. The zero-order valence-corrected chi connectivity index (χ0v) is 19.4. The SMILES string of the molecule is COc1ccc(-c2nc(CON[C@H](C)c3ccc(C)cc3)c(CN)o2)c2ccc(C(F)(F)F)nc12. The van der Waals surface area contributed by atoms with Gasteiger partial charge >= 0.3 is 6.18 Å². The van der Waals surface area contributed by atoms with Gasteiger partial charge in [0.2, 0.25) is 5.89 Å². The van der Waals surface area contributed by atoms with Gasteiger partial charge in [0.15, 0.2) is 0 Å².